The van der Waals surface area contributed by atoms with Crippen LogP contribution in [0.1, 0.15) is 26.0 Å². The van der Waals surface area contributed by atoms with Gasteiger partial charge in [-0.3, -0.25) is 13.9 Å². The maximum Gasteiger partial charge on any atom is 0.475 e. The normalized spacial score (nSPS) is 22.3. The molecule has 1 aromatic rings. The van der Waals surface area contributed by atoms with Crippen molar-refractivity contribution in [2.75, 3.05) is 39.3 Å². The first-order valence-electron chi connectivity index (χ1n) is 9.69. The molecule has 180 valence electrons. The Morgan fingerprint density at radius 1 is 1.38 bits per heavy atom. The first-order valence-corrected chi connectivity index (χ1v) is 11.2. The molecule has 15 heteroatoms. The highest BCUT2D eigenvalue weighted by Gasteiger charge is 2.36. The van der Waals surface area contributed by atoms with E-state index in [0.717, 1.165) is 0 Å². The van der Waals surface area contributed by atoms with Gasteiger partial charge in [-0.1, -0.05) is 6.92 Å². The molecule has 1 aromatic heterocycles. The Morgan fingerprint density at radius 3 is 2.81 bits per heavy atom. The maximum atomic E-state index is 12.0. The lowest BCUT2D eigenvalue weighted by Crippen LogP contribution is -2.29. The topological polar surface area (TPSA) is 191 Å². The summed E-state index contributed by atoms with van der Waals surface area (Å²) in [5, 5.41) is 2.75. The molecule has 1 aliphatic heterocycles. The van der Waals surface area contributed by atoms with Crippen LogP contribution in [0.2, 0.25) is 0 Å². The fourth-order valence-electron chi connectivity index (χ4n) is 2.84. The average Bonchev–Trinajstić information content (AvgIpc) is 3.09. The minimum Gasteiger partial charge on any atom is -0.454 e. The number of anilines is 1. The van der Waals surface area contributed by atoms with E-state index in [1.165, 1.54) is 16.8 Å². The SMILES string of the molecule is CNCCC(=O)OCC(=O)OCOP(=O)(O)OCC1CC(C)C(n2ccc(N)nc2=O)O1. The number of ether oxygens (including phenoxy) is 3. The molecule has 0 amide bonds. The summed E-state index contributed by atoms with van der Waals surface area (Å²) in [6.07, 6.45) is 0.742. The quantitative estimate of drug-likeness (QED) is 0.199. The number of hydrogen-bond donors (Lipinski definition) is 3. The van der Waals surface area contributed by atoms with Crippen molar-refractivity contribution in [2.45, 2.75) is 32.1 Å². The van der Waals surface area contributed by atoms with E-state index >= 15 is 0 Å². The second-order valence-corrected chi connectivity index (χ2v) is 8.40. The Hall–Kier alpha value is -2.35. The molecule has 1 saturated heterocycles. The Balaban J connectivity index is 1.71. The lowest BCUT2D eigenvalue weighted by Gasteiger charge is -2.18. The number of nitrogens with zero attached hydrogens (tertiary/aromatic N) is 2. The highest BCUT2D eigenvalue weighted by molar-refractivity contribution is 7.47. The number of aromatic nitrogens is 2. The predicted molar refractivity (Wildman–Crippen MR) is 108 cm³/mol. The number of esters is 2. The second-order valence-electron chi connectivity index (χ2n) is 6.95. The van der Waals surface area contributed by atoms with E-state index < -0.39 is 51.2 Å². The molecule has 1 aliphatic rings. The zero-order valence-corrected chi connectivity index (χ0v) is 18.6. The fraction of sp³-hybridized carbons (Fsp3) is 0.647. The third-order valence-corrected chi connectivity index (χ3v) is 5.28. The molecular formula is C17H27N4O10P. The van der Waals surface area contributed by atoms with Crippen LogP contribution in [0.15, 0.2) is 17.1 Å². The molecule has 32 heavy (non-hydrogen) atoms. The molecular weight excluding hydrogens is 451 g/mol. The van der Waals surface area contributed by atoms with Crippen LogP contribution in [-0.4, -0.2) is 66.1 Å². The van der Waals surface area contributed by atoms with E-state index in [1.54, 1.807) is 7.05 Å². The Labute approximate surface area is 183 Å². The van der Waals surface area contributed by atoms with Gasteiger partial charge in [-0.2, -0.15) is 4.98 Å². The highest BCUT2D eigenvalue weighted by atomic mass is 31.2. The van der Waals surface area contributed by atoms with Gasteiger partial charge in [0.2, 0.25) is 6.79 Å². The smallest absolute Gasteiger partial charge is 0.454 e. The standard InChI is InChI=1S/C17H27N4O10P/c1-11-7-12(31-16(11)21-6-4-13(18)20-17(21)24)8-29-32(25,26)30-10-28-15(23)9-27-14(22)3-5-19-2/h4,6,11-12,16,19H,3,5,7-10H2,1-2H3,(H,25,26)(H2,18,20,24). The number of nitrogens with one attached hydrogen (secondary N) is 1. The van der Waals surface area contributed by atoms with Gasteiger partial charge in [-0.05, 0) is 19.5 Å². The summed E-state index contributed by atoms with van der Waals surface area (Å²) in [6.45, 7) is 0.394. The van der Waals surface area contributed by atoms with E-state index in [2.05, 4.69) is 24.3 Å². The molecule has 0 aromatic carbocycles. The second kappa shape index (κ2) is 12.0. The molecule has 0 aliphatic carbocycles. The number of phosphoric ester groups is 1. The first-order chi connectivity index (χ1) is 15.1. The molecule has 2 heterocycles. The van der Waals surface area contributed by atoms with Crippen LogP contribution >= 0.6 is 7.82 Å². The Morgan fingerprint density at radius 2 is 2.12 bits per heavy atom. The molecule has 0 saturated carbocycles. The molecule has 4 atom stereocenters. The largest absolute Gasteiger partial charge is 0.475 e. The van der Waals surface area contributed by atoms with Crippen molar-refractivity contribution in [1.82, 2.24) is 14.9 Å². The van der Waals surface area contributed by atoms with Crippen molar-refractivity contribution in [3.05, 3.63) is 22.7 Å². The summed E-state index contributed by atoms with van der Waals surface area (Å²) < 4.78 is 37.6. The monoisotopic (exact) mass is 478 g/mol. The van der Waals surface area contributed by atoms with Crippen LogP contribution in [0.25, 0.3) is 0 Å². The third-order valence-electron chi connectivity index (χ3n) is 4.37. The number of carbonyl (C=O) groups excluding carboxylic acids is 2. The van der Waals surface area contributed by atoms with Crippen LogP contribution in [0.4, 0.5) is 5.82 Å². The van der Waals surface area contributed by atoms with Crippen LogP contribution in [-0.2, 0) is 37.4 Å². The minimum absolute atomic E-state index is 0.0755. The molecule has 4 N–H and O–H groups in total. The van der Waals surface area contributed by atoms with Gasteiger partial charge in [0.15, 0.2) is 6.61 Å². The summed E-state index contributed by atoms with van der Waals surface area (Å²) in [5.41, 5.74) is 4.90. The van der Waals surface area contributed by atoms with E-state index in [9.17, 15) is 23.8 Å². The van der Waals surface area contributed by atoms with Crippen LogP contribution < -0.4 is 16.7 Å². The van der Waals surface area contributed by atoms with Gasteiger partial charge < -0.3 is 30.2 Å². The fourth-order valence-corrected chi connectivity index (χ4v) is 3.45. The molecule has 4 unspecified atom stereocenters. The van der Waals surface area contributed by atoms with E-state index in [4.69, 9.17) is 15.0 Å². The van der Waals surface area contributed by atoms with E-state index in [1.807, 2.05) is 6.92 Å². The van der Waals surface area contributed by atoms with Gasteiger partial charge in [0.25, 0.3) is 0 Å². The molecule has 1 fully saturated rings. The average molecular weight is 478 g/mol. The predicted octanol–water partition coefficient (Wildman–Crippen LogP) is -0.464. The summed E-state index contributed by atoms with van der Waals surface area (Å²) in [7, 11) is -2.89. The summed E-state index contributed by atoms with van der Waals surface area (Å²) in [6, 6.07) is 1.46. The number of phosphoric acid groups is 1. The van der Waals surface area contributed by atoms with Crippen molar-refractivity contribution in [2.24, 2.45) is 5.92 Å². The lowest BCUT2D eigenvalue weighted by atomic mass is 10.1. The van der Waals surface area contributed by atoms with Gasteiger partial charge in [0, 0.05) is 18.7 Å². The number of hydrogen-bond acceptors (Lipinski definition) is 12. The number of nitrogens with two attached hydrogens (primary N) is 1. The zero-order chi connectivity index (χ0) is 23.7. The summed E-state index contributed by atoms with van der Waals surface area (Å²) in [5.74, 6) is -1.58. The number of rotatable bonds is 12. The van der Waals surface area contributed by atoms with Gasteiger partial charge >= 0.3 is 25.5 Å². The van der Waals surface area contributed by atoms with Crippen LogP contribution in [0.5, 0.6) is 0 Å². The van der Waals surface area contributed by atoms with Crippen LogP contribution in [0.3, 0.4) is 0 Å². The van der Waals surface area contributed by atoms with Gasteiger partial charge in [0.05, 0.1) is 19.1 Å². The highest BCUT2D eigenvalue weighted by Crippen LogP contribution is 2.44. The van der Waals surface area contributed by atoms with E-state index in [-0.39, 0.29) is 24.8 Å². The van der Waals surface area contributed by atoms with Crippen molar-refractivity contribution in [1.29, 1.82) is 0 Å². The summed E-state index contributed by atoms with van der Waals surface area (Å²) >= 11 is 0. The van der Waals surface area contributed by atoms with E-state index in [0.29, 0.717) is 13.0 Å². The molecule has 0 spiro atoms. The molecule has 0 radical (unpaired) electrons. The number of nitrogen functional groups attached to an aromatic ring is 1. The Kier molecular flexibility index (Phi) is 9.75. The van der Waals surface area contributed by atoms with Crippen molar-refractivity contribution in [3.63, 3.8) is 0 Å². The minimum atomic E-state index is -4.55. The van der Waals surface area contributed by atoms with Crippen molar-refractivity contribution in [3.8, 4) is 0 Å². The zero-order valence-electron chi connectivity index (χ0n) is 17.7. The lowest BCUT2D eigenvalue weighted by molar-refractivity contribution is -0.163. The molecule has 2 rings (SSSR count). The summed E-state index contributed by atoms with van der Waals surface area (Å²) in [4.78, 5) is 48.1. The third kappa shape index (κ3) is 8.30. The molecule has 0 bridgehead atoms. The Bertz CT molecular complexity index is 894. The van der Waals surface area contributed by atoms with Gasteiger partial charge in [-0.15, -0.1) is 0 Å². The van der Waals surface area contributed by atoms with Gasteiger partial charge in [0.1, 0.15) is 12.0 Å². The maximum absolute atomic E-state index is 12.0. The van der Waals surface area contributed by atoms with Crippen molar-refractivity contribution >= 4 is 25.6 Å². The van der Waals surface area contributed by atoms with Crippen LogP contribution in [0, 0.1) is 5.92 Å². The van der Waals surface area contributed by atoms with Crippen molar-refractivity contribution < 1.29 is 42.3 Å². The first kappa shape index (κ1) is 25.9. The number of carbonyl (C=O) groups is 2. The van der Waals surface area contributed by atoms with Gasteiger partial charge in [-0.25, -0.2) is 18.7 Å². The molecule has 14 nitrogen and oxygen atoms in total.